The molecule has 1 fully saturated rings. The molecule has 1 rings (SSSR count). The van der Waals surface area contributed by atoms with E-state index in [9.17, 15) is 9.59 Å². The van der Waals surface area contributed by atoms with Gasteiger partial charge in [-0.3, -0.25) is 9.59 Å². The van der Waals surface area contributed by atoms with Gasteiger partial charge in [0.25, 0.3) is 0 Å². The van der Waals surface area contributed by atoms with Gasteiger partial charge in [0.2, 0.25) is 11.8 Å². The molecule has 5 nitrogen and oxygen atoms in total. The van der Waals surface area contributed by atoms with Crippen LogP contribution < -0.4 is 10.6 Å². The van der Waals surface area contributed by atoms with Crippen LogP contribution in [0.5, 0.6) is 0 Å². The SMILES string of the molecule is CCCC(=O)NCC(=O)N1CCNC[C@H]1C.Cl. The van der Waals surface area contributed by atoms with Crippen molar-refractivity contribution in [1.82, 2.24) is 15.5 Å². The molecule has 0 aromatic rings. The third-order valence-electron chi connectivity index (χ3n) is 2.74. The van der Waals surface area contributed by atoms with Gasteiger partial charge in [-0.05, 0) is 13.3 Å². The summed E-state index contributed by atoms with van der Waals surface area (Å²) >= 11 is 0. The summed E-state index contributed by atoms with van der Waals surface area (Å²) in [7, 11) is 0. The third-order valence-corrected chi connectivity index (χ3v) is 2.74. The van der Waals surface area contributed by atoms with Gasteiger partial charge in [0.1, 0.15) is 0 Å². The molecule has 2 amide bonds. The Morgan fingerprint density at radius 3 is 2.76 bits per heavy atom. The van der Waals surface area contributed by atoms with E-state index in [4.69, 9.17) is 0 Å². The summed E-state index contributed by atoms with van der Waals surface area (Å²) in [5.41, 5.74) is 0. The molecule has 1 aliphatic heterocycles. The fraction of sp³-hybridized carbons (Fsp3) is 0.818. The van der Waals surface area contributed by atoms with Crippen molar-refractivity contribution in [2.24, 2.45) is 0 Å². The zero-order valence-electron chi connectivity index (χ0n) is 10.5. The van der Waals surface area contributed by atoms with Gasteiger partial charge in [-0.1, -0.05) is 6.92 Å². The van der Waals surface area contributed by atoms with Crippen molar-refractivity contribution in [2.75, 3.05) is 26.2 Å². The van der Waals surface area contributed by atoms with E-state index in [1.807, 2.05) is 18.7 Å². The van der Waals surface area contributed by atoms with Gasteiger partial charge < -0.3 is 15.5 Å². The predicted molar refractivity (Wildman–Crippen MR) is 69.2 cm³/mol. The van der Waals surface area contributed by atoms with Gasteiger partial charge in [0.15, 0.2) is 0 Å². The molecule has 2 N–H and O–H groups in total. The lowest BCUT2D eigenvalue weighted by molar-refractivity contribution is -0.135. The highest BCUT2D eigenvalue weighted by molar-refractivity contribution is 5.85. The Morgan fingerprint density at radius 1 is 1.47 bits per heavy atom. The third kappa shape index (κ3) is 5.37. The largest absolute Gasteiger partial charge is 0.347 e. The molecule has 0 saturated carbocycles. The second-order valence-corrected chi connectivity index (χ2v) is 4.17. The van der Waals surface area contributed by atoms with E-state index in [0.717, 1.165) is 26.1 Å². The number of carbonyl (C=O) groups excluding carboxylic acids is 2. The lowest BCUT2D eigenvalue weighted by Crippen LogP contribution is -2.54. The summed E-state index contributed by atoms with van der Waals surface area (Å²) in [4.78, 5) is 24.8. The molecule has 100 valence electrons. The van der Waals surface area contributed by atoms with Crippen LogP contribution in [-0.2, 0) is 9.59 Å². The van der Waals surface area contributed by atoms with Crippen molar-refractivity contribution in [3.05, 3.63) is 0 Å². The quantitative estimate of drug-likeness (QED) is 0.759. The highest BCUT2D eigenvalue weighted by Gasteiger charge is 2.22. The van der Waals surface area contributed by atoms with Gasteiger partial charge in [0.05, 0.1) is 6.54 Å². The minimum Gasteiger partial charge on any atom is -0.347 e. The minimum atomic E-state index is -0.0429. The van der Waals surface area contributed by atoms with Gasteiger partial charge in [0, 0.05) is 32.1 Å². The lowest BCUT2D eigenvalue weighted by atomic mass is 10.2. The predicted octanol–water partition coefficient (Wildman–Crippen LogP) is 0.145. The van der Waals surface area contributed by atoms with Crippen LogP contribution in [0.1, 0.15) is 26.7 Å². The molecule has 0 radical (unpaired) electrons. The van der Waals surface area contributed by atoms with Gasteiger partial charge in [-0.25, -0.2) is 0 Å². The molecule has 0 aliphatic carbocycles. The monoisotopic (exact) mass is 263 g/mol. The topological polar surface area (TPSA) is 61.4 Å². The number of hydrogen-bond donors (Lipinski definition) is 2. The van der Waals surface area contributed by atoms with Gasteiger partial charge in [-0.15, -0.1) is 12.4 Å². The van der Waals surface area contributed by atoms with E-state index in [0.29, 0.717) is 6.42 Å². The fourth-order valence-corrected chi connectivity index (χ4v) is 1.80. The highest BCUT2D eigenvalue weighted by atomic mass is 35.5. The number of amides is 2. The maximum absolute atomic E-state index is 11.8. The molecule has 1 heterocycles. The van der Waals surface area contributed by atoms with Crippen LogP contribution in [0.15, 0.2) is 0 Å². The summed E-state index contributed by atoms with van der Waals surface area (Å²) in [6.07, 6.45) is 1.30. The number of carbonyl (C=O) groups is 2. The van der Waals surface area contributed by atoms with E-state index in [1.165, 1.54) is 0 Å². The molecule has 0 spiro atoms. The van der Waals surface area contributed by atoms with Crippen LogP contribution in [0.4, 0.5) is 0 Å². The lowest BCUT2D eigenvalue weighted by Gasteiger charge is -2.34. The van der Waals surface area contributed by atoms with Crippen LogP contribution in [0.3, 0.4) is 0 Å². The summed E-state index contributed by atoms with van der Waals surface area (Å²) < 4.78 is 0. The first-order chi connectivity index (χ1) is 7.65. The van der Waals surface area contributed by atoms with Crippen molar-refractivity contribution in [1.29, 1.82) is 0 Å². The Hall–Kier alpha value is -0.810. The number of nitrogens with one attached hydrogen (secondary N) is 2. The van der Waals surface area contributed by atoms with Crippen LogP contribution in [0.25, 0.3) is 0 Å². The number of hydrogen-bond acceptors (Lipinski definition) is 3. The minimum absolute atomic E-state index is 0. The van der Waals surface area contributed by atoms with Crippen molar-refractivity contribution in [3.8, 4) is 0 Å². The molecular weight excluding hydrogens is 242 g/mol. The van der Waals surface area contributed by atoms with Crippen LogP contribution >= 0.6 is 12.4 Å². The second-order valence-electron chi connectivity index (χ2n) is 4.17. The normalized spacial score (nSPS) is 19.4. The number of nitrogens with zero attached hydrogens (tertiary/aromatic N) is 1. The number of piperazine rings is 1. The molecule has 17 heavy (non-hydrogen) atoms. The Kier molecular flexibility index (Phi) is 7.91. The summed E-state index contributed by atoms with van der Waals surface area (Å²) in [5, 5.41) is 5.87. The summed E-state index contributed by atoms with van der Waals surface area (Å²) in [6, 6.07) is 0.212. The van der Waals surface area contributed by atoms with Crippen molar-refractivity contribution in [2.45, 2.75) is 32.7 Å². The highest BCUT2D eigenvalue weighted by Crippen LogP contribution is 2.02. The first kappa shape index (κ1) is 16.2. The molecule has 0 aromatic heterocycles. The Labute approximate surface area is 109 Å². The van der Waals surface area contributed by atoms with Gasteiger partial charge in [-0.2, -0.15) is 0 Å². The molecule has 0 bridgehead atoms. The zero-order chi connectivity index (χ0) is 12.0. The van der Waals surface area contributed by atoms with Crippen molar-refractivity contribution in [3.63, 3.8) is 0 Å². The number of rotatable bonds is 4. The number of halogens is 1. The average molecular weight is 264 g/mol. The van der Waals surface area contributed by atoms with E-state index in [2.05, 4.69) is 10.6 Å². The Bertz CT molecular complexity index is 261. The van der Waals surface area contributed by atoms with Crippen LogP contribution in [-0.4, -0.2) is 48.9 Å². The fourth-order valence-electron chi connectivity index (χ4n) is 1.80. The Balaban J connectivity index is 0.00000256. The zero-order valence-corrected chi connectivity index (χ0v) is 11.3. The van der Waals surface area contributed by atoms with E-state index < -0.39 is 0 Å². The van der Waals surface area contributed by atoms with Gasteiger partial charge >= 0.3 is 0 Å². The average Bonchev–Trinajstić information content (AvgIpc) is 2.27. The maximum atomic E-state index is 11.8. The van der Waals surface area contributed by atoms with E-state index in [1.54, 1.807) is 0 Å². The molecule has 0 aromatic carbocycles. The standard InChI is InChI=1S/C11H21N3O2.ClH/c1-3-4-10(15)13-8-11(16)14-6-5-12-7-9(14)2;/h9,12H,3-8H2,1-2H3,(H,13,15);1H/t9-;/m1./s1. The molecule has 1 aliphatic rings. The van der Waals surface area contributed by atoms with E-state index in [-0.39, 0.29) is 36.8 Å². The molecule has 6 heteroatoms. The molecule has 0 unspecified atom stereocenters. The molecule has 1 atom stereocenters. The van der Waals surface area contributed by atoms with Crippen molar-refractivity contribution < 1.29 is 9.59 Å². The second kappa shape index (κ2) is 8.31. The van der Waals surface area contributed by atoms with Crippen LogP contribution in [0, 0.1) is 0 Å². The summed E-state index contributed by atoms with van der Waals surface area (Å²) in [5.74, 6) is -0.0305. The Morgan fingerprint density at radius 2 is 2.18 bits per heavy atom. The molecule has 1 saturated heterocycles. The first-order valence-corrected chi connectivity index (χ1v) is 5.92. The van der Waals surface area contributed by atoms with E-state index >= 15 is 0 Å². The van der Waals surface area contributed by atoms with Crippen LogP contribution in [0.2, 0.25) is 0 Å². The maximum Gasteiger partial charge on any atom is 0.242 e. The smallest absolute Gasteiger partial charge is 0.242 e. The van der Waals surface area contributed by atoms with Crippen molar-refractivity contribution >= 4 is 24.2 Å². The molecular formula is C11H22ClN3O2. The summed E-state index contributed by atoms with van der Waals surface area (Å²) in [6.45, 7) is 6.47. The first-order valence-electron chi connectivity index (χ1n) is 5.92.